The van der Waals surface area contributed by atoms with Gasteiger partial charge in [-0.2, -0.15) is 0 Å². The molecule has 0 aliphatic heterocycles. The Morgan fingerprint density at radius 1 is 0.773 bits per heavy atom. The largest absolute Gasteiger partial charge is 0.504 e. The number of rotatable bonds is 8. The van der Waals surface area contributed by atoms with Gasteiger partial charge in [0.05, 0.1) is 0 Å². The van der Waals surface area contributed by atoms with Crippen LogP contribution >= 0.6 is 0 Å². The first-order valence-electron chi connectivity index (χ1n) is 8.94. The van der Waals surface area contributed by atoms with Crippen LogP contribution in [0.25, 0.3) is 0 Å². The lowest BCUT2D eigenvalue weighted by Gasteiger charge is -2.13. The molecule has 2 heteroatoms. The molecule has 1 aromatic rings. The number of benzene rings is 1. The molecule has 0 bridgehead atoms. The Morgan fingerprint density at radius 2 is 1.14 bits per heavy atom. The van der Waals surface area contributed by atoms with Gasteiger partial charge in [0.15, 0.2) is 11.5 Å². The fourth-order valence-electron chi connectivity index (χ4n) is 3.40. The van der Waals surface area contributed by atoms with Crippen LogP contribution in [0, 0.1) is 10.8 Å². The van der Waals surface area contributed by atoms with E-state index in [0.29, 0.717) is 10.8 Å². The third-order valence-corrected chi connectivity index (χ3v) is 5.98. The van der Waals surface area contributed by atoms with Crippen LogP contribution in [-0.4, -0.2) is 10.2 Å². The number of aryl methyl sites for hydroxylation is 2. The lowest BCUT2D eigenvalue weighted by atomic mass is 9.95. The molecule has 0 heterocycles. The standard InChI is InChI=1S/C20H30O2/c1-19(11-12-19)9-3-5-15-7-8-16(18(22)17(15)21)6-4-10-20(2)13-14-20/h7-8,21-22H,3-6,9-14H2,1-2H3. The molecule has 2 fully saturated rings. The van der Waals surface area contributed by atoms with E-state index in [1.807, 2.05) is 12.1 Å². The first-order chi connectivity index (χ1) is 10.4. The topological polar surface area (TPSA) is 40.5 Å². The van der Waals surface area contributed by atoms with E-state index < -0.39 is 0 Å². The van der Waals surface area contributed by atoms with Gasteiger partial charge in [0.1, 0.15) is 0 Å². The molecule has 22 heavy (non-hydrogen) atoms. The van der Waals surface area contributed by atoms with E-state index in [1.54, 1.807) is 0 Å². The third-order valence-electron chi connectivity index (χ3n) is 5.98. The molecular formula is C20H30O2. The molecule has 2 saturated carbocycles. The van der Waals surface area contributed by atoms with E-state index in [1.165, 1.54) is 38.5 Å². The van der Waals surface area contributed by atoms with Gasteiger partial charge in [-0.15, -0.1) is 0 Å². The molecule has 3 rings (SSSR count). The number of hydrogen-bond donors (Lipinski definition) is 2. The van der Waals surface area contributed by atoms with Crippen molar-refractivity contribution in [1.29, 1.82) is 0 Å². The Morgan fingerprint density at radius 3 is 1.45 bits per heavy atom. The van der Waals surface area contributed by atoms with Crippen LogP contribution in [0.3, 0.4) is 0 Å². The Hall–Kier alpha value is -1.18. The van der Waals surface area contributed by atoms with Crippen LogP contribution in [-0.2, 0) is 12.8 Å². The molecule has 0 spiro atoms. The molecule has 122 valence electrons. The van der Waals surface area contributed by atoms with Crippen LogP contribution in [0.2, 0.25) is 0 Å². The first-order valence-corrected chi connectivity index (χ1v) is 8.94. The summed E-state index contributed by atoms with van der Waals surface area (Å²) in [5, 5.41) is 20.5. The highest BCUT2D eigenvalue weighted by Crippen LogP contribution is 2.50. The Labute approximate surface area is 134 Å². The summed E-state index contributed by atoms with van der Waals surface area (Å²) in [5.74, 6) is 0.243. The fourth-order valence-corrected chi connectivity index (χ4v) is 3.40. The van der Waals surface area contributed by atoms with E-state index in [-0.39, 0.29) is 11.5 Å². The smallest absolute Gasteiger partial charge is 0.160 e. The maximum absolute atomic E-state index is 10.2. The summed E-state index contributed by atoms with van der Waals surface area (Å²) in [6, 6.07) is 4.02. The van der Waals surface area contributed by atoms with Gasteiger partial charge in [0.25, 0.3) is 0 Å². The zero-order valence-electron chi connectivity index (χ0n) is 14.1. The van der Waals surface area contributed by atoms with Crippen molar-refractivity contribution in [2.45, 2.75) is 78.1 Å². The SMILES string of the molecule is CC1(CCCc2ccc(CCCC3(C)CC3)c(O)c2O)CC1. The van der Waals surface area contributed by atoms with E-state index in [2.05, 4.69) is 13.8 Å². The monoisotopic (exact) mass is 302 g/mol. The van der Waals surface area contributed by atoms with Gasteiger partial charge < -0.3 is 10.2 Å². The zero-order valence-corrected chi connectivity index (χ0v) is 14.1. The molecule has 0 atom stereocenters. The van der Waals surface area contributed by atoms with Crippen LogP contribution in [0.1, 0.15) is 76.3 Å². The maximum atomic E-state index is 10.2. The fraction of sp³-hybridized carbons (Fsp3) is 0.700. The Bertz CT molecular complexity index is 490. The van der Waals surface area contributed by atoms with Crippen LogP contribution in [0.5, 0.6) is 11.5 Å². The summed E-state index contributed by atoms with van der Waals surface area (Å²) < 4.78 is 0. The average molecular weight is 302 g/mol. The second-order valence-electron chi connectivity index (χ2n) is 8.41. The molecule has 1 aromatic carbocycles. The predicted octanol–water partition coefficient (Wildman–Crippen LogP) is 5.34. The second kappa shape index (κ2) is 5.79. The van der Waals surface area contributed by atoms with Crippen molar-refractivity contribution in [3.8, 4) is 11.5 Å². The van der Waals surface area contributed by atoms with Crippen molar-refractivity contribution >= 4 is 0 Å². The molecule has 2 N–H and O–H groups in total. The summed E-state index contributed by atoms with van der Waals surface area (Å²) in [6.45, 7) is 4.68. The number of aromatic hydroxyl groups is 2. The minimum absolute atomic E-state index is 0.121. The number of phenols is 2. The molecule has 0 radical (unpaired) electrons. The highest BCUT2D eigenvalue weighted by atomic mass is 16.3. The molecule has 2 aliphatic rings. The zero-order chi connectivity index (χ0) is 15.8. The highest BCUT2D eigenvalue weighted by Gasteiger charge is 2.36. The molecular weight excluding hydrogens is 272 g/mol. The van der Waals surface area contributed by atoms with E-state index >= 15 is 0 Å². The van der Waals surface area contributed by atoms with Gasteiger partial charge >= 0.3 is 0 Å². The van der Waals surface area contributed by atoms with Gasteiger partial charge in [-0.1, -0.05) is 26.0 Å². The minimum atomic E-state index is 0.121. The molecule has 0 unspecified atom stereocenters. The highest BCUT2D eigenvalue weighted by molar-refractivity contribution is 5.50. The first kappa shape index (κ1) is 15.7. The number of hydrogen-bond acceptors (Lipinski definition) is 2. The van der Waals surface area contributed by atoms with Crippen molar-refractivity contribution < 1.29 is 10.2 Å². The Balaban J connectivity index is 1.53. The third kappa shape index (κ3) is 3.77. The second-order valence-corrected chi connectivity index (χ2v) is 8.41. The lowest BCUT2D eigenvalue weighted by molar-refractivity contribution is 0.391. The van der Waals surface area contributed by atoms with Crippen LogP contribution in [0.4, 0.5) is 0 Å². The normalized spacial score (nSPS) is 20.8. The number of phenolic OH excluding ortho intramolecular Hbond substituents is 2. The van der Waals surface area contributed by atoms with E-state index in [4.69, 9.17) is 0 Å². The Kier molecular flexibility index (Phi) is 4.13. The van der Waals surface area contributed by atoms with Crippen molar-refractivity contribution in [2.24, 2.45) is 10.8 Å². The lowest BCUT2D eigenvalue weighted by Crippen LogP contribution is -1.97. The maximum Gasteiger partial charge on any atom is 0.160 e. The van der Waals surface area contributed by atoms with Crippen molar-refractivity contribution in [3.63, 3.8) is 0 Å². The minimum Gasteiger partial charge on any atom is -0.504 e. The van der Waals surface area contributed by atoms with E-state index in [0.717, 1.165) is 36.8 Å². The van der Waals surface area contributed by atoms with Crippen molar-refractivity contribution in [1.82, 2.24) is 0 Å². The van der Waals surface area contributed by atoms with E-state index in [9.17, 15) is 10.2 Å². The van der Waals surface area contributed by atoms with Gasteiger partial charge in [-0.05, 0) is 86.2 Å². The van der Waals surface area contributed by atoms with Crippen LogP contribution in [0.15, 0.2) is 12.1 Å². The molecule has 2 nitrogen and oxygen atoms in total. The summed E-state index contributed by atoms with van der Waals surface area (Å²) in [6.07, 6.45) is 11.8. The predicted molar refractivity (Wildman–Crippen MR) is 90.3 cm³/mol. The van der Waals surface area contributed by atoms with Gasteiger partial charge in [-0.25, -0.2) is 0 Å². The van der Waals surface area contributed by atoms with Gasteiger partial charge in [0.2, 0.25) is 0 Å². The summed E-state index contributed by atoms with van der Waals surface area (Å²) >= 11 is 0. The van der Waals surface area contributed by atoms with Crippen molar-refractivity contribution in [3.05, 3.63) is 23.3 Å². The molecule has 2 aliphatic carbocycles. The summed E-state index contributed by atoms with van der Waals surface area (Å²) in [5.41, 5.74) is 2.94. The van der Waals surface area contributed by atoms with Gasteiger partial charge in [0, 0.05) is 0 Å². The summed E-state index contributed by atoms with van der Waals surface area (Å²) in [7, 11) is 0. The molecule has 0 amide bonds. The van der Waals surface area contributed by atoms with Crippen molar-refractivity contribution in [2.75, 3.05) is 0 Å². The quantitative estimate of drug-likeness (QED) is 0.636. The molecule has 0 aromatic heterocycles. The van der Waals surface area contributed by atoms with Crippen LogP contribution < -0.4 is 0 Å². The average Bonchev–Trinajstić information content (AvgIpc) is 3.38. The molecule has 0 saturated heterocycles. The van der Waals surface area contributed by atoms with Gasteiger partial charge in [-0.3, -0.25) is 0 Å². The summed E-state index contributed by atoms with van der Waals surface area (Å²) in [4.78, 5) is 0.